The van der Waals surface area contributed by atoms with E-state index in [1.165, 1.54) is 0 Å². The highest BCUT2D eigenvalue weighted by molar-refractivity contribution is 5.76. The second kappa shape index (κ2) is 17.1. The van der Waals surface area contributed by atoms with E-state index in [1.54, 1.807) is 0 Å². The zero-order valence-corrected chi connectivity index (χ0v) is 26.6. The number of carboxylic acids is 2. The summed E-state index contributed by atoms with van der Waals surface area (Å²) in [7, 11) is 0. The van der Waals surface area contributed by atoms with Gasteiger partial charge in [-0.25, -0.2) is 0 Å². The third kappa shape index (κ3) is 10.0. The minimum atomic E-state index is -0.860. The van der Waals surface area contributed by atoms with E-state index in [0.717, 1.165) is 82.7 Å². The lowest BCUT2D eigenvalue weighted by Crippen LogP contribution is -2.15. The summed E-state index contributed by atoms with van der Waals surface area (Å²) in [5, 5.41) is 18.2. The van der Waals surface area contributed by atoms with Crippen molar-refractivity contribution in [1.29, 1.82) is 0 Å². The lowest BCUT2D eigenvalue weighted by atomic mass is 9.97. The first-order chi connectivity index (χ1) is 23.0. The minimum absolute atomic E-state index is 0.0156. The van der Waals surface area contributed by atoms with Crippen LogP contribution in [0, 0.1) is 0 Å². The Hall–Kier alpha value is -4.98. The first-order valence-corrected chi connectivity index (χ1v) is 16.4. The van der Waals surface area contributed by atoms with E-state index in [9.17, 15) is 14.7 Å². The monoisotopic (exact) mass is 638 g/mol. The maximum absolute atomic E-state index is 11.3. The summed E-state index contributed by atoms with van der Waals surface area (Å²) in [6.45, 7) is 1.98. The second-order valence-electron chi connectivity index (χ2n) is 11.6. The summed E-state index contributed by atoms with van der Waals surface area (Å²) in [5.74, 6) is 1.27. The molecular weight excluding hydrogens is 596 g/mol. The molecule has 1 aliphatic rings. The lowest BCUT2D eigenvalue weighted by Gasteiger charge is -2.19. The number of hydrogen-bond donors (Lipinski definition) is 2. The van der Waals surface area contributed by atoms with E-state index < -0.39 is 11.9 Å². The van der Waals surface area contributed by atoms with Crippen LogP contribution in [0.15, 0.2) is 84.9 Å². The Morgan fingerprint density at radius 3 is 2.11 bits per heavy atom. The molecule has 1 aliphatic heterocycles. The number of aliphatic carboxylic acids is 2. The molecule has 0 atom stereocenters. The number of carboxylic acid groups (broad SMARTS) is 2. The van der Waals surface area contributed by atoms with Crippen molar-refractivity contribution in [2.45, 2.75) is 57.8 Å². The van der Waals surface area contributed by atoms with Gasteiger partial charge in [-0.2, -0.15) is 0 Å². The number of fused-ring (bicyclic) bond motifs is 1. The van der Waals surface area contributed by atoms with Gasteiger partial charge in [0.2, 0.25) is 0 Å². The van der Waals surface area contributed by atoms with Gasteiger partial charge in [0.05, 0.1) is 13.2 Å². The van der Waals surface area contributed by atoms with Gasteiger partial charge in [-0.1, -0.05) is 61.4 Å². The fourth-order valence-corrected chi connectivity index (χ4v) is 5.73. The first-order valence-electron chi connectivity index (χ1n) is 16.4. The van der Waals surface area contributed by atoms with Crippen molar-refractivity contribution in [3.63, 3.8) is 0 Å². The zero-order valence-electron chi connectivity index (χ0n) is 26.6. The minimum Gasteiger partial charge on any atom is -0.494 e. The van der Waals surface area contributed by atoms with Crippen LogP contribution in [0.25, 0.3) is 22.3 Å². The number of hydrogen-bond acceptors (Lipinski definition) is 6. The van der Waals surface area contributed by atoms with Crippen LogP contribution in [0.1, 0.15) is 56.1 Å². The Morgan fingerprint density at radius 1 is 0.596 bits per heavy atom. The number of ether oxygens (including phenoxy) is 4. The molecule has 4 aromatic rings. The van der Waals surface area contributed by atoms with Gasteiger partial charge in [0.25, 0.3) is 0 Å². The molecule has 8 nitrogen and oxygen atoms in total. The Kier molecular flexibility index (Phi) is 12.1. The molecule has 8 heteroatoms. The second-order valence-corrected chi connectivity index (χ2v) is 11.6. The normalized spacial score (nSPS) is 12.0. The molecule has 0 aliphatic carbocycles. The van der Waals surface area contributed by atoms with Crippen LogP contribution in [0.3, 0.4) is 0 Å². The largest absolute Gasteiger partial charge is 0.494 e. The molecule has 47 heavy (non-hydrogen) atoms. The molecule has 0 aromatic heterocycles. The van der Waals surface area contributed by atoms with E-state index in [2.05, 4.69) is 36.4 Å². The van der Waals surface area contributed by atoms with E-state index in [1.807, 2.05) is 48.5 Å². The van der Waals surface area contributed by atoms with Gasteiger partial charge in [0, 0.05) is 12.8 Å². The van der Waals surface area contributed by atoms with Crippen LogP contribution >= 0.6 is 0 Å². The molecule has 246 valence electrons. The van der Waals surface area contributed by atoms with Crippen LogP contribution in [-0.2, 0) is 22.4 Å². The van der Waals surface area contributed by atoms with E-state index in [0.29, 0.717) is 38.4 Å². The van der Waals surface area contributed by atoms with Crippen molar-refractivity contribution in [3.8, 4) is 45.3 Å². The number of unbranched alkanes of at least 4 members (excludes halogenated alkanes) is 3. The summed E-state index contributed by atoms with van der Waals surface area (Å²) in [5.41, 5.74) is 6.27. The Bertz CT molecular complexity index is 1630. The Morgan fingerprint density at radius 2 is 1.32 bits per heavy atom. The van der Waals surface area contributed by atoms with Gasteiger partial charge >= 0.3 is 11.9 Å². The first kappa shape index (κ1) is 33.4. The molecule has 0 radical (unpaired) electrons. The summed E-state index contributed by atoms with van der Waals surface area (Å²) in [4.78, 5) is 22.1. The molecule has 2 N–H and O–H groups in total. The van der Waals surface area contributed by atoms with E-state index in [4.69, 9.17) is 24.1 Å². The number of carbonyl (C=O) groups is 2. The summed E-state index contributed by atoms with van der Waals surface area (Å²) >= 11 is 0. The third-order valence-electron chi connectivity index (χ3n) is 8.11. The predicted octanol–water partition coefficient (Wildman–Crippen LogP) is 8.23. The highest BCUT2D eigenvalue weighted by atomic mass is 16.6. The van der Waals surface area contributed by atoms with Gasteiger partial charge in [0.1, 0.15) is 24.7 Å². The maximum atomic E-state index is 11.3. The lowest BCUT2D eigenvalue weighted by molar-refractivity contribution is -0.138. The van der Waals surface area contributed by atoms with E-state index >= 15 is 0 Å². The van der Waals surface area contributed by atoms with Crippen molar-refractivity contribution < 1.29 is 38.7 Å². The van der Waals surface area contributed by atoms with Gasteiger partial charge in [-0.15, -0.1) is 0 Å². The molecular formula is C39H42O8. The van der Waals surface area contributed by atoms with Crippen molar-refractivity contribution in [2.24, 2.45) is 0 Å². The summed E-state index contributed by atoms with van der Waals surface area (Å²) < 4.78 is 23.7. The highest BCUT2D eigenvalue weighted by Crippen LogP contribution is 2.37. The molecule has 0 spiro atoms. The van der Waals surface area contributed by atoms with Gasteiger partial charge in [-0.05, 0) is 102 Å². The van der Waals surface area contributed by atoms with Crippen molar-refractivity contribution in [3.05, 3.63) is 96.1 Å². The van der Waals surface area contributed by atoms with Crippen LogP contribution in [0.2, 0.25) is 0 Å². The summed E-state index contributed by atoms with van der Waals surface area (Å²) in [6, 6.07) is 28.4. The van der Waals surface area contributed by atoms with Gasteiger partial charge in [-0.3, -0.25) is 9.59 Å². The van der Waals surface area contributed by atoms with Crippen LogP contribution in [-0.4, -0.2) is 48.6 Å². The zero-order chi connectivity index (χ0) is 32.8. The molecule has 0 saturated carbocycles. The molecule has 0 fully saturated rings. The molecule has 0 amide bonds. The molecule has 0 unspecified atom stereocenters. The van der Waals surface area contributed by atoms with Crippen LogP contribution < -0.4 is 18.9 Å². The quantitative estimate of drug-likeness (QED) is 0.105. The van der Waals surface area contributed by atoms with Crippen LogP contribution in [0.5, 0.6) is 23.0 Å². The Labute approximate surface area is 275 Å². The number of benzene rings is 4. The SMILES string of the molecule is O=C(O)CCCOc1cccc(CCCCCCOc2cc(-c3ccccc3)cc(-c3ccc4c(c3)OCCO4)c2)c1CCC(=O)O. The predicted molar refractivity (Wildman–Crippen MR) is 181 cm³/mol. The van der Waals surface area contributed by atoms with Crippen molar-refractivity contribution >= 4 is 11.9 Å². The smallest absolute Gasteiger partial charge is 0.303 e. The molecule has 0 saturated heterocycles. The number of aryl methyl sites for hydroxylation is 1. The molecule has 4 aromatic carbocycles. The fraction of sp³-hybridized carbons (Fsp3) is 0.333. The average molecular weight is 639 g/mol. The van der Waals surface area contributed by atoms with Crippen LogP contribution in [0.4, 0.5) is 0 Å². The topological polar surface area (TPSA) is 112 Å². The maximum Gasteiger partial charge on any atom is 0.303 e. The van der Waals surface area contributed by atoms with Crippen molar-refractivity contribution in [1.82, 2.24) is 0 Å². The molecule has 5 rings (SSSR count). The molecule has 0 bridgehead atoms. The summed E-state index contributed by atoms with van der Waals surface area (Å²) in [6.07, 6.45) is 5.53. The number of rotatable bonds is 18. The highest BCUT2D eigenvalue weighted by Gasteiger charge is 2.15. The van der Waals surface area contributed by atoms with Gasteiger partial charge in [0.15, 0.2) is 11.5 Å². The fourth-order valence-electron chi connectivity index (χ4n) is 5.73. The van der Waals surface area contributed by atoms with Gasteiger partial charge < -0.3 is 29.2 Å². The Balaban J connectivity index is 1.16. The standard InChI is InChI=1S/C39H42O8/c40-38(41)15-9-21-45-35-14-8-13-29(34(35)17-19-39(42)43)12-4-1-2-7-20-44-33-25-31(28-10-5-3-6-11-28)24-32(26-33)30-16-18-36-37(27-30)47-23-22-46-36/h3,5-6,8,10-11,13-14,16,18,24-27H,1-2,4,7,9,12,15,17,19-23H2,(H,40,41)(H,42,43). The van der Waals surface area contributed by atoms with Crippen molar-refractivity contribution in [2.75, 3.05) is 26.4 Å². The molecule has 1 heterocycles. The third-order valence-corrected chi connectivity index (χ3v) is 8.11. The van der Waals surface area contributed by atoms with E-state index in [-0.39, 0.29) is 19.4 Å². The average Bonchev–Trinajstić information content (AvgIpc) is 3.09.